The van der Waals surface area contributed by atoms with Gasteiger partial charge in [0, 0.05) is 6.42 Å². The highest BCUT2D eigenvalue weighted by Gasteiger charge is 2.22. The molecule has 0 spiro atoms. The first-order valence-electron chi connectivity index (χ1n) is 5.53. The van der Waals surface area contributed by atoms with Crippen molar-refractivity contribution in [1.82, 2.24) is 0 Å². The maximum atomic E-state index is 11.3. The summed E-state index contributed by atoms with van der Waals surface area (Å²) >= 11 is 0. The van der Waals surface area contributed by atoms with Crippen molar-refractivity contribution in [2.24, 2.45) is 5.92 Å². The number of nitrogens with zero attached hydrogens (tertiary/aromatic N) is 1. The molecule has 0 aromatic rings. The van der Waals surface area contributed by atoms with Crippen LogP contribution in [0.15, 0.2) is 0 Å². The Morgan fingerprint density at radius 2 is 2.00 bits per heavy atom. The fraction of sp³-hybridized carbons (Fsp3) is 0.750. The number of hydrogen-bond acceptors (Lipinski definition) is 5. The van der Waals surface area contributed by atoms with Gasteiger partial charge in [-0.2, -0.15) is 5.26 Å². The normalized spacial score (nSPS) is 12.4. The molecule has 0 N–H and O–H groups in total. The molecule has 0 aliphatic rings. The van der Waals surface area contributed by atoms with Gasteiger partial charge in [0.15, 0.2) is 5.60 Å². The van der Waals surface area contributed by atoms with E-state index in [-0.39, 0.29) is 18.3 Å². The first-order chi connectivity index (χ1) is 7.82. The molecule has 0 aromatic carbocycles. The molecule has 0 bridgehead atoms. The Balaban J connectivity index is 3.88. The van der Waals surface area contributed by atoms with E-state index in [1.807, 2.05) is 6.07 Å². The summed E-state index contributed by atoms with van der Waals surface area (Å²) in [6.45, 7) is 4.81. The lowest BCUT2D eigenvalue weighted by atomic mass is 10.0. The minimum absolute atomic E-state index is 0.201. The van der Waals surface area contributed by atoms with Crippen molar-refractivity contribution in [2.45, 2.75) is 45.6 Å². The summed E-state index contributed by atoms with van der Waals surface area (Å²) in [7, 11) is 1.34. The van der Waals surface area contributed by atoms with Crippen molar-refractivity contribution in [1.29, 1.82) is 5.26 Å². The molecular weight excluding hydrogens is 222 g/mol. The summed E-state index contributed by atoms with van der Waals surface area (Å²) in [5.74, 6) is -0.930. The number of nitriles is 1. The Morgan fingerprint density at radius 3 is 2.47 bits per heavy atom. The molecule has 0 saturated heterocycles. The van der Waals surface area contributed by atoms with E-state index in [9.17, 15) is 9.59 Å². The number of carbonyl (C=O) groups excluding carboxylic acids is 2. The topological polar surface area (TPSA) is 76.4 Å². The lowest BCUT2D eigenvalue weighted by Gasteiger charge is -2.16. The smallest absolute Gasteiger partial charge is 0.308 e. The minimum atomic E-state index is -1.09. The highest BCUT2D eigenvalue weighted by atomic mass is 16.6. The first-order valence-corrected chi connectivity index (χ1v) is 5.53. The third kappa shape index (κ3) is 6.56. The Labute approximate surface area is 102 Å². The van der Waals surface area contributed by atoms with Gasteiger partial charge in [-0.3, -0.25) is 9.59 Å². The minimum Gasteiger partial charge on any atom is -0.469 e. The number of esters is 2. The van der Waals surface area contributed by atoms with E-state index >= 15 is 0 Å². The zero-order valence-corrected chi connectivity index (χ0v) is 10.8. The Hall–Kier alpha value is -1.57. The van der Waals surface area contributed by atoms with Crippen molar-refractivity contribution in [3.05, 3.63) is 0 Å². The molecule has 0 aliphatic carbocycles. The molecule has 0 aromatic heterocycles. The average molecular weight is 241 g/mol. The van der Waals surface area contributed by atoms with Gasteiger partial charge >= 0.3 is 11.9 Å². The lowest BCUT2D eigenvalue weighted by molar-refractivity contribution is -0.152. The van der Waals surface area contributed by atoms with E-state index in [1.165, 1.54) is 21.0 Å². The van der Waals surface area contributed by atoms with Gasteiger partial charge in [0.25, 0.3) is 0 Å². The number of methoxy groups -OCH3 is 1. The van der Waals surface area contributed by atoms with E-state index in [0.717, 1.165) is 0 Å². The zero-order valence-electron chi connectivity index (χ0n) is 10.8. The number of ether oxygens (including phenoxy) is 2. The van der Waals surface area contributed by atoms with Crippen molar-refractivity contribution in [3.8, 4) is 6.07 Å². The highest BCUT2D eigenvalue weighted by Crippen LogP contribution is 2.13. The Kier molecular flexibility index (Phi) is 6.26. The molecule has 5 heteroatoms. The molecule has 0 rings (SSSR count). The van der Waals surface area contributed by atoms with Crippen molar-refractivity contribution < 1.29 is 19.1 Å². The molecule has 0 heterocycles. The third-order valence-corrected chi connectivity index (χ3v) is 2.26. The number of carbonyl (C=O) groups is 2. The van der Waals surface area contributed by atoms with Crippen molar-refractivity contribution in [3.63, 3.8) is 0 Å². The van der Waals surface area contributed by atoms with Crippen molar-refractivity contribution in [2.75, 3.05) is 7.11 Å². The van der Waals surface area contributed by atoms with Gasteiger partial charge in [0.1, 0.15) is 6.07 Å². The fourth-order valence-corrected chi connectivity index (χ4v) is 1.23. The lowest BCUT2D eigenvalue weighted by Crippen LogP contribution is -2.25. The highest BCUT2D eigenvalue weighted by molar-refractivity contribution is 5.72. The van der Waals surface area contributed by atoms with Crippen LogP contribution in [0, 0.1) is 17.2 Å². The molecular formula is C12H19NO4. The molecule has 1 atom stereocenters. The van der Waals surface area contributed by atoms with Gasteiger partial charge in [0.2, 0.25) is 0 Å². The SMILES string of the molecule is COC(=O)C(C)CCCC(=O)OC(C)(C)C#N. The van der Waals surface area contributed by atoms with Crippen LogP contribution in [0.2, 0.25) is 0 Å². The second kappa shape index (κ2) is 6.89. The molecule has 17 heavy (non-hydrogen) atoms. The molecule has 0 radical (unpaired) electrons. The van der Waals surface area contributed by atoms with E-state index < -0.39 is 11.6 Å². The largest absolute Gasteiger partial charge is 0.469 e. The van der Waals surface area contributed by atoms with Gasteiger partial charge in [-0.15, -0.1) is 0 Å². The van der Waals surface area contributed by atoms with Crippen LogP contribution in [0.25, 0.3) is 0 Å². The maximum absolute atomic E-state index is 11.3. The average Bonchev–Trinajstić information content (AvgIpc) is 2.27. The van der Waals surface area contributed by atoms with E-state index in [0.29, 0.717) is 12.8 Å². The molecule has 1 unspecified atom stereocenters. The number of hydrogen-bond donors (Lipinski definition) is 0. The third-order valence-electron chi connectivity index (χ3n) is 2.26. The predicted molar refractivity (Wildman–Crippen MR) is 60.8 cm³/mol. The first kappa shape index (κ1) is 15.4. The van der Waals surface area contributed by atoms with Crippen LogP contribution < -0.4 is 0 Å². The van der Waals surface area contributed by atoms with E-state index in [1.54, 1.807) is 6.92 Å². The van der Waals surface area contributed by atoms with Crippen LogP contribution in [0.1, 0.15) is 40.0 Å². The van der Waals surface area contributed by atoms with Gasteiger partial charge < -0.3 is 9.47 Å². The summed E-state index contributed by atoms with van der Waals surface area (Å²) in [4.78, 5) is 22.4. The van der Waals surface area contributed by atoms with Crippen molar-refractivity contribution >= 4 is 11.9 Å². The predicted octanol–water partition coefficient (Wildman–Crippen LogP) is 1.81. The van der Waals surface area contributed by atoms with Gasteiger partial charge in [-0.25, -0.2) is 0 Å². The van der Waals surface area contributed by atoms with Gasteiger partial charge in [-0.1, -0.05) is 6.92 Å². The van der Waals surface area contributed by atoms with Gasteiger partial charge in [-0.05, 0) is 26.7 Å². The monoisotopic (exact) mass is 241 g/mol. The number of rotatable bonds is 6. The Morgan fingerprint density at radius 1 is 1.41 bits per heavy atom. The molecule has 0 fully saturated rings. The van der Waals surface area contributed by atoms with Crippen LogP contribution in [0.3, 0.4) is 0 Å². The Bertz CT molecular complexity index is 317. The quantitative estimate of drug-likeness (QED) is 0.663. The molecule has 0 saturated carbocycles. The summed E-state index contributed by atoms with van der Waals surface area (Å²) in [5, 5.41) is 8.67. The summed E-state index contributed by atoms with van der Waals surface area (Å²) in [6, 6.07) is 1.88. The second-order valence-electron chi connectivity index (χ2n) is 4.41. The molecule has 0 aliphatic heterocycles. The van der Waals surface area contributed by atoms with Gasteiger partial charge in [0.05, 0.1) is 13.0 Å². The standard InChI is InChI=1S/C12H19NO4/c1-9(11(15)16-4)6-5-7-10(14)17-12(2,3)8-13/h9H,5-7H2,1-4H3. The molecule has 0 amide bonds. The van der Waals surface area contributed by atoms with Crippen LogP contribution in [0.5, 0.6) is 0 Å². The molecule has 96 valence electrons. The van der Waals surface area contributed by atoms with E-state index in [4.69, 9.17) is 10.00 Å². The van der Waals surface area contributed by atoms with Crippen LogP contribution >= 0.6 is 0 Å². The molecule has 5 nitrogen and oxygen atoms in total. The van der Waals surface area contributed by atoms with Crippen LogP contribution in [0.4, 0.5) is 0 Å². The summed E-state index contributed by atoms with van der Waals surface area (Å²) in [5.41, 5.74) is -1.09. The van der Waals surface area contributed by atoms with Crippen LogP contribution in [-0.4, -0.2) is 24.6 Å². The fourth-order valence-electron chi connectivity index (χ4n) is 1.23. The van der Waals surface area contributed by atoms with E-state index in [2.05, 4.69) is 4.74 Å². The summed E-state index contributed by atoms with van der Waals surface area (Å²) in [6.07, 6.45) is 1.30. The summed E-state index contributed by atoms with van der Waals surface area (Å²) < 4.78 is 9.51. The zero-order chi connectivity index (χ0) is 13.5. The maximum Gasteiger partial charge on any atom is 0.308 e. The second-order valence-corrected chi connectivity index (χ2v) is 4.41. The van der Waals surface area contributed by atoms with Crippen LogP contribution in [-0.2, 0) is 19.1 Å².